The Balaban J connectivity index is 2.30. The third kappa shape index (κ3) is 4.86. The first kappa shape index (κ1) is 19.1. The third-order valence-corrected chi connectivity index (χ3v) is 3.64. The lowest BCUT2D eigenvalue weighted by atomic mass is 9.96. The summed E-state index contributed by atoms with van der Waals surface area (Å²) in [6.07, 6.45) is 0.557. The number of allylic oxidation sites excluding steroid dienone is 2. The Bertz CT molecular complexity index is 826. The predicted molar refractivity (Wildman–Crippen MR) is 99.3 cm³/mol. The highest BCUT2D eigenvalue weighted by atomic mass is 16.5. The molecule has 0 aromatic heterocycles. The van der Waals surface area contributed by atoms with E-state index in [1.54, 1.807) is 48.5 Å². The molecule has 0 aliphatic rings. The maximum absolute atomic E-state index is 9.58. The van der Waals surface area contributed by atoms with Crippen molar-refractivity contribution in [2.75, 3.05) is 19.8 Å². The number of hydrogen-bond acceptors (Lipinski definition) is 5. The average molecular weight is 348 g/mol. The largest absolute Gasteiger partial charge is 0.494 e. The molecule has 0 aliphatic heterocycles. The van der Waals surface area contributed by atoms with Crippen LogP contribution in [-0.2, 0) is 0 Å². The van der Waals surface area contributed by atoms with Gasteiger partial charge < -0.3 is 14.6 Å². The van der Waals surface area contributed by atoms with Crippen molar-refractivity contribution in [2.24, 2.45) is 0 Å². The average Bonchev–Trinajstić information content (AvgIpc) is 2.68. The molecule has 132 valence electrons. The number of benzene rings is 2. The molecular formula is C21H20N2O3. The molecule has 2 rings (SSSR count). The van der Waals surface area contributed by atoms with E-state index in [9.17, 15) is 10.5 Å². The molecule has 0 atom stereocenters. The Morgan fingerprint density at radius 2 is 1.31 bits per heavy atom. The summed E-state index contributed by atoms with van der Waals surface area (Å²) < 4.78 is 10.9. The van der Waals surface area contributed by atoms with Gasteiger partial charge in [0.05, 0.1) is 24.4 Å². The predicted octanol–water partition coefficient (Wildman–Crippen LogP) is 3.80. The third-order valence-electron chi connectivity index (χ3n) is 3.64. The zero-order valence-corrected chi connectivity index (χ0v) is 14.6. The molecule has 0 amide bonds. The van der Waals surface area contributed by atoms with Gasteiger partial charge in [0.1, 0.15) is 23.6 Å². The van der Waals surface area contributed by atoms with Crippen molar-refractivity contribution in [2.45, 2.75) is 13.3 Å². The highest BCUT2D eigenvalue weighted by Gasteiger charge is 2.12. The van der Waals surface area contributed by atoms with Crippen LogP contribution in [-0.4, -0.2) is 24.9 Å². The molecular weight excluding hydrogens is 328 g/mol. The van der Waals surface area contributed by atoms with Crippen molar-refractivity contribution in [1.29, 1.82) is 10.5 Å². The molecule has 2 aromatic carbocycles. The second-order valence-corrected chi connectivity index (χ2v) is 5.38. The minimum absolute atomic E-state index is 0.0764. The van der Waals surface area contributed by atoms with Gasteiger partial charge >= 0.3 is 0 Å². The van der Waals surface area contributed by atoms with E-state index in [1.807, 2.05) is 6.92 Å². The molecule has 5 nitrogen and oxygen atoms in total. The number of hydrogen-bond donors (Lipinski definition) is 1. The quantitative estimate of drug-likeness (QED) is 0.445. The van der Waals surface area contributed by atoms with E-state index in [-0.39, 0.29) is 6.61 Å². The van der Waals surface area contributed by atoms with Gasteiger partial charge in [0.15, 0.2) is 0 Å². The molecule has 0 saturated heterocycles. The van der Waals surface area contributed by atoms with Crippen LogP contribution in [0.2, 0.25) is 0 Å². The standard InChI is InChI=1S/C21H20N2O3/c1-2-25-18-8-4-16(5-9-18)20(14-22)21(15-23)17-6-10-19(11-7-17)26-13-3-12-24/h4-11,24H,2-3,12-13H2,1H3/b21-20+. The van der Waals surface area contributed by atoms with Crippen LogP contribution >= 0.6 is 0 Å². The zero-order valence-electron chi connectivity index (χ0n) is 14.6. The van der Waals surface area contributed by atoms with Crippen LogP contribution in [0.3, 0.4) is 0 Å². The molecule has 1 N–H and O–H groups in total. The topological polar surface area (TPSA) is 86.3 Å². The number of ether oxygens (including phenoxy) is 2. The summed E-state index contributed by atoms with van der Waals surface area (Å²) in [4.78, 5) is 0. The lowest BCUT2D eigenvalue weighted by Gasteiger charge is -2.08. The van der Waals surface area contributed by atoms with Gasteiger partial charge in [0, 0.05) is 13.0 Å². The minimum Gasteiger partial charge on any atom is -0.494 e. The van der Waals surface area contributed by atoms with Gasteiger partial charge in [-0.1, -0.05) is 0 Å². The number of aliphatic hydroxyl groups excluding tert-OH is 1. The van der Waals surface area contributed by atoms with Crippen molar-refractivity contribution in [3.05, 3.63) is 59.7 Å². The maximum atomic E-state index is 9.58. The Kier molecular flexibility index (Phi) is 7.24. The highest BCUT2D eigenvalue weighted by molar-refractivity contribution is 6.02. The lowest BCUT2D eigenvalue weighted by molar-refractivity contribution is 0.233. The van der Waals surface area contributed by atoms with Gasteiger partial charge in [-0.25, -0.2) is 0 Å². The molecule has 0 spiro atoms. The molecule has 5 heteroatoms. The van der Waals surface area contributed by atoms with Crippen LogP contribution < -0.4 is 9.47 Å². The van der Waals surface area contributed by atoms with Crippen LogP contribution in [0, 0.1) is 22.7 Å². The molecule has 0 saturated carbocycles. The van der Waals surface area contributed by atoms with E-state index in [1.165, 1.54) is 0 Å². The summed E-state index contributed by atoms with van der Waals surface area (Å²) >= 11 is 0. The SMILES string of the molecule is CCOc1ccc(/C(C#N)=C(\C#N)c2ccc(OCCCO)cc2)cc1. The molecule has 0 bridgehead atoms. The summed E-state index contributed by atoms with van der Waals surface area (Å²) in [5, 5.41) is 27.9. The summed E-state index contributed by atoms with van der Waals surface area (Å²) in [6, 6.07) is 18.4. The van der Waals surface area contributed by atoms with Gasteiger partial charge in [-0.15, -0.1) is 0 Å². The van der Waals surface area contributed by atoms with E-state index < -0.39 is 0 Å². The Morgan fingerprint density at radius 1 is 0.846 bits per heavy atom. The van der Waals surface area contributed by atoms with Crippen LogP contribution in [0.5, 0.6) is 11.5 Å². The van der Waals surface area contributed by atoms with Gasteiger partial charge in [0.25, 0.3) is 0 Å². The van der Waals surface area contributed by atoms with E-state index in [4.69, 9.17) is 14.6 Å². The molecule has 0 unspecified atom stereocenters. The van der Waals surface area contributed by atoms with Gasteiger partial charge in [0.2, 0.25) is 0 Å². The van der Waals surface area contributed by atoms with Crippen LogP contribution in [0.4, 0.5) is 0 Å². The van der Waals surface area contributed by atoms with Crippen molar-refractivity contribution < 1.29 is 14.6 Å². The minimum atomic E-state index is 0.0764. The highest BCUT2D eigenvalue weighted by Crippen LogP contribution is 2.28. The summed E-state index contributed by atoms with van der Waals surface area (Å²) in [7, 11) is 0. The first-order valence-electron chi connectivity index (χ1n) is 8.35. The van der Waals surface area contributed by atoms with Crippen LogP contribution in [0.15, 0.2) is 48.5 Å². The second kappa shape index (κ2) is 9.88. The summed E-state index contributed by atoms with van der Waals surface area (Å²) in [5.41, 5.74) is 1.92. The fraction of sp³-hybridized carbons (Fsp3) is 0.238. The van der Waals surface area contributed by atoms with Crippen molar-refractivity contribution in [3.8, 4) is 23.6 Å². The van der Waals surface area contributed by atoms with Gasteiger partial charge in [-0.2, -0.15) is 10.5 Å². The Hall–Kier alpha value is -3.28. The normalized spacial score (nSPS) is 11.1. The second-order valence-electron chi connectivity index (χ2n) is 5.38. The number of aliphatic hydroxyl groups is 1. The molecule has 0 aliphatic carbocycles. The van der Waals surface area contributed by atoms with Gasteiger partial charge in [-0.05, 0) is 66.6 Å². The lowest BCUT2D eigenvalue weighted by Crippen LogP contribution is -1.99. The summed E-state index contributed by atoms with van der Waals surface area (Å²) in [6.45, 7) is 2.97. The van der Waals surface area contributed by atoms with Gasteiger partial charge in [-0.3, -0.25) is 0 Å². The fourth-order valence-electron chi connectivity index (χ4n) is 2.39. The van der Waals surface area contributed by atoms with Crippen LogP contribution in [0.1, 0.15) is 24.5 Å². The van der Waals surface area contributed by atoms with E-state index in [0.717, 1.165) is 5.75 Å². The zero-order chi connectivity index (χ0) is 18.8. The van der Waals surface area contributed by atoms with E-state index in [0.29, 0.717) is 47.7 Å². The van der Waals surface area contributed by atoms with Crippen LogP contribution in [0.25, 0.3) is 11.1 Å². The summed E-state index contributed by atoms with van der Waals surface area (Å²) in [5.74, 6) is 1.37. The first-order chi connectivity index (χ1) is 12.7. The molecule has 0 radical (unpaired) electrons. The first-order valence-corrected chi connectivity index (χ1v) is 8.35. The number of nitriles is 2. The van der Waals surface area contributed by atoms with Crippen molar-refractivity contribution >= 4 is 11.1 Å². The van der Waals surface area contributed by atoms with E-state index >= 15 is 0 Å². The maximum Gasteiger partial charge on any atom is 0.119 e. The number of nitrogens with zero attached hydrogens (tertiary/aromatic N) is 2. The monoisotopic (exact) mass is 348 g/mol. The molecule has 26 heavy (non-hydrogen) atoms. The van der Waals surface area contributed by atoms with Crippen molar-refractivity contribution in [3.63, 3.8) is 0 Å². The Morgan fingerprint density at radius 3 is 1.69 bits per heavy atom. The van der Waals surface area contributed by atoms with Crippen molar-refractivity contribution in [1.82, 2.24) is 0 Å². The molecule has 0 fully saturated rings. The fourth-order valence-corrected chi connectivity index (χ4v) is 2.39. The molecule has 2 aromatic rings. The number of rotatable bonds is 8. The van der Waals surface area contributed by atoms with E-state index in [2.05, 4.69) is 12.1 Å². The smallest absolute Gasteiger partial charge is 0.119 e. The Labute approximate surface area is 153 Å². The molecule has 0 heterocycles.